The Morgan fingerprint density at radius 1 is 1.22 bits per heavy atom. The number of ether oxygens (including phenoxy) is 1. The number of aromatic nitrogens is 2. The molecule has 1 atom stereocenters. The molecular formula is C20H24FN3O3. The van der Waals surface area contributed by atoms with E-state index in [2.05, 4.69) is 10.4 Å². The maximum atomic E-state index is 13.3. The first-order valence-corrected chi connectivity index (χ1v) is 9.36. The lowest BCUT2D eigenvalue weighted by Gasteiger charge is -2.12. The number of amides is 1. The van der Waals surface area contributed by atoms with Crippen molar-refractivity contribution in [1.82, 2.24) is 15.1 Å². The topological polar surface area (TPSA) is 73.2 Å². The molecule has 1 N–H and O–H groups in total. The molecule has 1 aromatic carbocycles. The Morgan fingerprint density at radius 3 is 2.63 bits per heavy atom. The van der Waals surface area contributed by atoms with Crippen LogP contribution in [0.4, 0.5) is 4.39 Å². The predicted molar refractivity (Wildman–Crippen MR) is 98.3 cm³/mol. The van der Waals surface area contributed by atoms with Crippen LogP contribution in [0.25, 0.3) is 5.69 Å². The summed E-state index contributed by atoms with van der Waals surface area (Å²) in [7, 11) is 0. The third-order valence-corrected chi connectivity index (χ3v) is 4.70. The Balaban J connectivity index is 1.94. The van der Waals surface area contributed by atoms with E-state index in [9.17, 15) is 14.0 Å². The number of benzene rings is 1. The predicted octanol–water partition coefficient (Wildman–Crippen LogP) is 2.96. The molecule has 2 aromatic rings. The van der Waals surface area contributed by atoms with Gasteiger partial charge in [0.05, 0.1) is 5.69 Å². The summed E-state index contributed by atoms with van der Waals surface area (Å²) in [5.74, 6) is -1.27. The van der Waals surface area contributed by atoms with Gasteiger partial charge < -0.3 is 10.1 Å². The summed E-state index contributed by atoms with van der Waals surface area (Å²) < 4.78 is 20.3. The monoisotopic (exact) mass is 373 g/mol. The van der Waals surface area contributed by atoms with Gasteiger partial charge in [-0.2, -0.15) is 5.10 Å². The van der Waals surface area contributed by atoms with Crippen LogP contribution in [0, 0.1) is 5.82 Å². The number of hydrogen-bond acceptors (Lipinski definition) is 4. The summed E-state index contributed by atoms with van der Waals surface area (Å²) in [5, 5.41) is 7.11. The van der Waals surface area contributed by atoms with E-state index in [1.54, 1.807) is 30.7 Å². The van der Waals surface area contributed by atoms with Gasteiger partial charge in [-0.3, -0.25) is 4.79 Å². The Hall–Kier alpha value is -2.70. The minimum absolute atomic E-state index is 0.243. The van der Waals surface area contributed by atoms with E-state index in [1.165, 1.54) is 12.1 Å². The maximum Gasteiger partial charge on any atom is 0.359 e. The zero-order chi connectivity index (χ0) is 19.4. The van der Waals surface area contributed by atoms with Gasteiger partial charge in [-0.1, -0.05) is 6.42 Å². The van der Waals surface area contributed by atoms with Crippen LogP contribution in [0.15, 0.2) is 24.3 Å². The van der Waals surface area contributed by atoms with Crippen LogP contribution in [0.5, 0.6) is 0 Å². The molecule has 1 aliphatic rings. The quantitative estimate of drug-likeness (QED) is 0.646. The summed E-state index contributed by atoms with van der Waals surface area (Å²) in [6, 6.07) is 6.02. The van der Waals surface area contributed by atoms with Crippen LogP contribution >= 0.6 is 0 Å². The Bertz CT molecular complexity index is 830. The first-order valence-electron chi connectivity index (χ1n) is 9.36. The van der Waals surface area contributed by atoms with Crippen LogP contribution < -0.4 is 5.32 Å². The molecule has 144 valence electrons. The summed E-state index contributed by atoms with van der Waals surface area (Å²) in [6.07, 6.45) is 3.67. The number of halogens is 1. The average molecular weight is 373 g/mol. The molecule has 0 spiro atoms. The normalized spacial score (nSPS) is 14.8. The number of fused-ring (bicyclic) bond motifs is 1. The second-order valence-electron chi connectivity index (χ2n) is 6.66. The SMILES string of the molecule is CCNC(=O)[C@H](C)OC(=O)c1nn(-c2ccc(F)cc2)c2c1CCCCC2. The maximum absolute atomic E-state index is 13.3. The molecule has 7 heteroatoms. The highest BCUT2D eigenvalue weighted by atomic mass is 19.1. The lowest BCUT2D eigenvalue weighted by Crippen LogP contribution is -2.35. The van der Waals surface area contributed by atoms with Crippen molar-refractivity contribution in [1.29, 1.82) is 0 Å². The van der Waals surface area contributed by atoms with Gasteiger partial charge in [0.15, 0.2) is 11.8 Å². The first-order chi connectivity index (χ1) is 13.0. The van der Waals surface area contributed by atoms with Crippen molar-refractivity contribution in [3.8, 4) is 5.69 Å². The average Bonchev–Trinajstić information content (AvgIpc) is 2.84. The van der Waals surface area contributed by atoms with Crippen molar-refractivity contribution >= 4 is 11.9 Å². The molecule has 0 bridgehead atoms. The van der Waals surface area contributed by atoms with E-state index in [0.29, 0.717) is 12.2 Å². The van der Waals surface area contributed by atoms with Crippen LogP contribution in [0.1, 0.15) is 54.9 Å². The van der Waals surface area contributed by atoms with E-state index in [4.69, 9.17) is 4.74 Å². The van der Waals surface area contributed by atoms with Crippen molar-refractivity contribution in [2.24, 2.45) is 0 Å². The number of carbonyl (C=O) groups is 2. The zero-order valence-electron chi connectivity index (χ0n) is 15.6. The van der Waals surface area contributed by atoms with Gasteiger partial charge in [0.2, 0.25) is 0 Å². The highest BCUT2D eigenvalue weighted by Gasteiger charge is 2.28. The van der Waals surface area contributed by atoms with Crippen LogP contribution in [0.2, 0.25) is 0 Å². The standard InChI is InChI=1S/C20H24FN3O3/c1-3-22-19(25)13(2)27-20(26)18-16-7-5-4-6-8-17(16)24(23-18)15-11-9-14(21)10-12-15/h9-13H,3-8H2,1-2H3,(H,22,25)/t13-/m0/s1. The van der Waals surface area contributed by atoms with Crippen LogP contribution in [-0.2, 0) is 22.4 Å². The lowest BCUT2D eigenvalue weighted by atomic mass is 10.1. The van der Waals surface area contributed by atoms with Gasteiger partial charge in [0, 0.05) is 17.8 Å². The second kappa shape index (κ2) is 8.33. The smallest absolute Gasteiger partial charge is 0.359 e. The summed E-state index contributed by atoms with van der Waals surface area (Å²) in [5.41, 5.74) is 2.76. The van der Waals surface area contributed by atoms with Crippen molar-refractivity contribution in [3.05, 3.63) is 47.0 Å². The second-order valence-corrected chi connectivity index (χ2v) is 6.66. The zero-order valence-corrected chi connectivity index (χ0v) is 15.6. The van der Waals surface area contributed by atoms with Gasteiger partial charge in [0.25, 0.3) is 5.91 Å². The molecule has 0 saturated carbocycles. The third-order valence-electron chi connectivity index (χ3n) is 4.70. The van der Waals surface area contributed by atoms with E-state index >= 15 is 0 Å². The molecular weight excluding hydrogens is 349 g/mol. The fourth-order valence-electron chi connectivity index (χ4n) is 3.32. The van der Waals surface area contributed by atoms with Crippen LogP contribution in [-0.4, -0.2) is 34.3 Å². The van der Waals surface area contributed by atoms with Crippen LogP contribution in [0.3, 0.4) is 0 Å². The molecule has 0 saturated heterocycles. The van der Waals surface area contributed by atoms with Crippen molar-refractivity contribution in [3.63, 3.8) is 0 Å². The van der Waals surface area contributed by atoms with Crippen molar-refractivity contribution < 1.29 is 18.7 Å². The molecule has 1 aromatic heterocycles. The Morgan fingerprint density at radius 2 is 1.93 bits per heavy atom. The number of nitrogens with zero attached hydrogens (tertiary/aromatic N) is 2. The molecule has 1 aliphatic carbocycles. The van der Waals surface area contributed by atoms with Gasteiger partial charge in [-0.15, -0.1) is 0 Å². The number of likely N-dealkylation sites (N-methyl/N-ethyl adjacent to an activating group) is 1. The van der Waals surface area contributed by atoms with Gasteiger partial charge >= 0.3 is 5.97 Å². The molecule has 1 amide bonds. The lowest BCUT2D eigenvalue weighted by molar-refractivity contribution is -0.128. The van der Waals surface area contributed by atoms with Gasteiger partial charge in [0.1, 0.15) is 5.82 Å². The van der Waals surface area contributed by atoms with Gasteiger partial charge in [-0.25, -0.2) is 13.9 Å². The number of carbonyl (C=O) groups excluding carboxylic acids is 2. The molecule has 0 fully saturated rings. The highest BCUT2D eigenvalue weighted by molar-refractivity contribution is 5.92. The number of nitrogens with one attached hydrogen (secondary N) is 1. The molecule has 0 unspecified atom stereocenters. The largest absolute Gasteiger partial charge is 0.448 e. The molecule has 3 rings (SSSR count). The third kappa shape index (κ3) is 4.18. The molecule has 27 heavy (non-hydrogen) atoms. The minimum atomic E-state index is -0.894. The summed E-state index contributed by atoms with van der Waals surface area (Å²) in [4.78, 5) is 24.6. The van der Waals surface area contributed by atoms with E-state index in [-0.39, 0.29) is 17.4 Å². The molecule has 6 nitrogen and oxygen atoms in total. The highest BCUT2D eigenvalue weighted by Crippen LogP contribution is 2.27. The number of rotatable bonds is 5. The van der Waals surface area contributed by atoms with E-state index < -0.39 is 12.1 Å². The fourth-order valence-corrected chi connectivity index (χ4v) is 3.32. The van der Waals surface area contributed by atoms with E-state index in [1.807, 2.05) is 0 Å². The number of hydrogen-bond donors (Lipinski definition) is 1. The fraction of sp³-hybridized carbons (Fsp3) is 0.450. The van der Waals surface area contributed by atoms with Crippen molar-refractivity contribution in [2.75, 3.05) is 6.54 Å². The molecule has 0 aliphatic heterocycles. The Labute approximate surface area is 157 Å². The first kappa shape index (κ1) is 19.1. The molecule has 1 heterocycles. The van der Waals surface area contributed by atoms with E-state index in [0.717, 1.165) is 43.4 Å². The van der Waals surface area contributed by atoms with Gasteiger partial charge in [-0.05, 0) is 63.8 Å². The summed E-state index contributed by atoms with van der Waals surface area (Å²) in [6.45, 7) is 3.81. The van der Waals surface area contributed by atoms with Crippen molar-refractivity contribution in [2.45, 2.75) is 52.1 Å². The number of esters is 1. The summed E-state index contributed by atoms with van der Waals surface area (Å²) >= 11 is 0. The Kier molecular flexibility index (Phi) is 5.88. The minimum Gasteiger partial charge on any atom is -0.448 e. The molecule has 0 radical (unpaired) electrons.